The molecule has 4 rings (SSSR count). The Hall–Kier alpha value is -2.75. The largest absolute Gasteiger partial charge is 0.416 e. The van der Waals surface area contributed by atoms with Crippen LogP contribution in [-0.4, -0.2) is 29.9 Å². The molecular formula is C21H17ClF5N3O2. The minimum absolute atomic E-state index is 0.0234. The number of pyridine rings is 1. The van der Waals surface area contributed by atoms with Gasteiger partial charge in [0.05, 0.1) is 21.7 Å². The molecule has 1 aromatic carbocycles. The van der Waals surface area contributed by atoms with Gasteiger partial charge in [0.25, 0.3) is 0 Å². The van der Waals surface area contributed by atoms with E-state index < -0.39 is 51.7 Å². The predicted octanol–water partition coefficient (Wildman–Crippen LogP) is 4.89. The van der Waals surface area contributed by atoms with E-state index in [9.17, 15) is 31.5 Å². The fourth-order valence-corrected chi connectivity index (χ4v) is 4.18. The second-order valence-corrected chi connectivity index (χ2v) is 8.55. The Morgan fingerprint density at radius 3 is 2.44 bits per heavy atom. The van der Waals surface area contributed by atoms with Crippen LogP contribution in [0.3, 0.4) is 0 Å². The van der Waals surface area contributed by atoms with E-state index in [2.05, 4.69) is 4.98 Å². The van der Waals surface area contributed by atoms with Gasteiger partial charge < -0.3 is 4.90 Å². The first-order valence-electron chi connectivity index (χ1n) is 9.66. The van der Waals surface area contributed by atoms with E-state index in [1.165, 1.54) is 14.0 Å². The van der Waals surface area contributed by atoms with Crippen LogP contribution in [0.4, 0.5) is 33.5 Å². The molecule has 0 radical (unpaired) electrons. The third kappa shape index (κ3) is 3.70. The number of benzene rings is 1. The van der Waals surface area contributed by atoms with Gasteiger partial charge in [-0.05, 0) is 44.4 Å². The quantitative estimate of drug-likeness (QED) is 0.471. The summed E-state index contributed by atoms with van der Waals surface area (Å²) in [6.07, 6.45) is -3.63. The zero-order valence-corrected chi connectivity index (χ0v) is 17.7. The van der Waals surface area contributed by atoms with Crippen molar-refractivity contribution in [1.29, 1.82) is 0 Å². The minimum atomic E-state index is -4.67. The third-order valence-corrected chi connectivity index (χ3v) is 6.19. The number of alkyl halides is 3. The van der Waals surface area contributed by atoms with Crippen molar-refractivity contribution in [3.8, 4) is 0 Å². The number of aromatic nitrogens is 1. The molecule has 1 saturated carbocycles. The van der Waals surface area contributed by atoms with E-state index >= 15 is 0 Å². The Bertz CT molecular complexity index is 1130. The number of nitrogens with zero attached hydrogens (tertiary/aromatic N) is 3. The molecule has 1 aliphatic carbocycles. The normalized spacial score (nSPS) is 19.6. The molecule has 2 amide bonds. The van der Waals surface area contributed by atoms with Crippen molar-refractivity contribution in [3.05, 3.63) is 52.2 Å². The van der Waals surface area contributed by atoms with E-state index in [0.29, 0.717) is 18.9 Å². The number of carbonyl (C=O) groups is 2. The number of hydrogen-bond acceptors (Lipinski definition) is 3. The lowest BCUT2D eigenvalue weighted by molar-refractivity contribution is -0.137. The van der Waals surface area contributed by atoms with Crippen molar-refractivity contribution in [2.24, 2.45) is 5.41 Å². The zero-order valence-electron chi connectivity index (χ0n) is 16.9. The lowest BCUT2D eigenvalue weighted by Gasteiger charge is -2.28. The topological polar surface area (TPSA) is 53.5 Å². The molecule has 2 aliphatic rings. The number of carbonyl (C=O) groups excluding carboxylic acids is 2. The lowest BCUT2D eigenvalue weighted by Crippen LogP contribution is -2.46. The number of halogens is 6. The summed E-state index contributed by atoms with van der Waals surface area (Å²) in [7, 11) is 1.22. The van der Waals surface area contributed by atoms with Crippen molar-refractivity contribution >= 4 is 34.9 Å². The monoisotopic (exact) mass is 473 g/mol. The highest BCUT2D eigenvalue weighted by Gasteiger charge is 2.62. The van der Waals surface area contributed by atoms with Crippen molar-refractivity contribution < 1.29 is 31.5 Å². The fraction of sp³-hybridized carbons (Fsp3) is 0.381. The van der Waals surface area contributed by atoms with Gasteiger partial charge >= 0.3 is 6.18 Å². The average molecular weight is 474 g/mol. The Labute approximate surface area is 184 Å². The maximum Gasteiger partial charge on any atom is 0.416 e. The Kier molecular flexibility index (Phi) is 5.19. The van der Waals surface area contributed by atoms with Crippen molar-refractivity contribution in [1.82, 2.24) is 4.98 Å². The van der Waals surface area contributed by atoms with Gasteiger partial charge in [-0.1, -0.05) is 11.6 Å². The third-order valence-electron chi connectivity index (χ3n) is 5.90. The van der Waals surface area contributed by atoms with Crippen LogP contribution >= 0.6 is 11.6 Å². The number of amides is 2. The molecule has 2 aromatic rings. The van der Waals surface area contributed by atoms with Crippen LogP contribution in [0.2, 0.25) is 5.02 Å². The minimum Gasteiger partial charge on any atom is -0.311 e. The molecule has 1 atom stereocenters. The highest BCUT2D eigenvalue weighted by atomic mass is 35.5. The van der Waals surface area contributed by atoms with Crippen LogP contribution in [0, 0.1) is 24.0 Å². The van der Waals surface area contributed by atoms with E-state index in [1.807, 2.05) is 0 Å². The Balaban J connectivity index is 1.75. The Morgan fingerprint density at radius 2 is 1.84 bits per heavy atom. The van der Waals surface area contributed by atoms with Crippen LogP contribution < -0.4 is 9.80 Å². The van der Waals surface area contributed by atoms with Crippen LogP contribution in [-0.2, 0) is 15.8 Å². The van der Waals surface area contributed by atoms with E-state index in [4.69, 9.17) is 11.6 Å². The summed E-state index contributed by atoms with van der Waals surface area (Å²) in [6, 6.07) is 1.83. The van der Waals surface area contributed by atoms with Crippen LogP contribution in [0.5, 0.6) is 0 Å². The smallest absolute Gasteiger partial charge is 0.311 e. The molecule has 11 heteroatoms. The van der Waals surface area contributed by atoms with Gasteiger partial charge in [-0.2, -0.15) is 13.2 Å². The van der Waals surface area contributed by atoms with E-state index in [-0.39, 0.29) is 23.6 Å². The number of likely N-dealkylation sites (N-methyl/N-ethyl adjacent to an activating group) is 1. The molecule has 1 spiro atoms. The number of anilines is 2. The summed E-state index contributed by atoms with van der Waals surface area (Å²) >= 11 is 5.71. The second kappa shape index (κ2) is 7.40. The average Bonchev–Trinajstić information content (AvgIpc) is 3.42. The van der Waals surface area contributed by atoms with Gasteiger partial charge in [0.2, 0.25) is 11.8 Å². The van der Waals surface area contributed by atoms with Gasteiger partial charge in [-0.3, -0.25) is 14.5 Å². The maximum absolute atomic E-state index is 14.3. The lowest BCUT2D eigenvalue weighted by atomic mass is 10.0. The number of rotatable bonds is 3. The van der Waals surface area contributed by atoms with Gasteiger partial charge in [0.15, 0.2) is 0 Å². The van der Waals surface area contributed by atoms with Crippen molar-refractivity contribution in [2.75, 3.05) is 16.8 Å². The summed E-state index contributed by atoms with van der Waals surface area (Å²) < 4.78 is 67.8. The molecule has 1 saturated heterocycles. The molecule has 0 N–H and O–H groups in total. The first-order valence-corrected chi connectivity index (χ1v) is 10.0. The molecule has 0 bridgehead atoms. The summed E-state index contributed by atoms with van der Waals surface area (Å²) in [5.74, 6) is -3.59. The summed E-state index contributed by atoms with van der Waals surface area (Å²) in [5.41, 5.74) is -2.14. The number of hydrogen-bond donors (Lipinski definition) is 0. The summed E-state index contributed by atoms with van der Waals surface area (Å²) in [4.78, 5) is 32.3. The summed E-state index contributed by atoms with van der Waals surface area (Å²) in [6.45, 7) is 1.35. The molecule has 1 aromatic heterocycles. The zero-order chi connectivity index (χ0) is 23.6. The number of aryl methyl sites for hydroxylation is 1. The molecule has 32 heavy (non-hydrogen) atoms. The molecule has 170 valence electrons. The standard InChI is InChI=1S/C21H17ClF5N3O2/c1-10-5-11(21(25,26)27)6-17(28-10)30-16(9-20(3-4-20)19(30)32)18(31)29(2)15-7-12(22)13(23)8-14(15)24/h5-8,16H,3-4,9H2,1-2H3/t16-/m1/s1. The van der Waals surface area contributed by atoms with E-state index in [1.54, 1.807) is 0 Å². The molecule has 0 unspecified atom stereocenters. The van der Waals surface area contributed by atoms with Crippen LogP contribution in [0.25, 0.3) is 0 Å². The van der Waals surface area contributed by atoms with Crippen molar-refractivity contribution in [3.63, 3.8) is 0 Å². The van der Waals surface area contributed by atoms with Crippen molar-refractivity contribution in [2.45, 2.75) is 38.4 Å². The van der Waals surface area contributed by atoms with Gasteiger partial charge in [0, 0.05) is 18.8 Å². The molecule has 2 heterocycles. The predicted molar refractivity (Wildman–Crippen MR) is 106 cm³/mol. The molecular weight excluding hydrogens is 457 g/mol. The molecule has 2 fully saturated rings. The molecule has 5 nitrogen and oxygen atoms in total. The first kappa shape index (κ1) is 22.4. The highest BCUT2D eigenvalue weighted by molar-refractivity contribution is 6.31. The maximum atomic E-state index is 14.3. The van der Waals surface area contributed by atoms with Gasteiger partial charge in [0.1, 0.15) is 23.5 Å². The van der Waals surface area contributed by atoms with Crippen LogP contribution in [0.15, 0.2) is 24.3 Å². The first-order chi connectivity index (χ1) is 14.8. The summed E-state index contributed by atoms with van der Waals surface area (Å²) in [5, 5.41) is -0.408. The molecule has 1 aliphatic heterocycles. The second-order valence-electron chi connectivity index (χ2n) is 8.14. The Morgan fingerprint density at radius 1 is 1.19 bits per heavy atom. The van der Waals surface area contributed by atoms with Crippen LogP contribution in [0.1, 0.15) is 30.5 Å². The van der Waals surface area contributed by atoms with Gasteiger partial charge in [-0.15, -0.1) is 0 Å². The SMILES string of the molecule is Cc1cc(C(F)(F)F)cc(N2C(=O)C3(CC3)C[C@@H]2C(=O)N(C)c2cc(Cl)c(F)cc2F)n1. The van der Waals surface area contributed by atoms with Gasteiger partial charge in [-0.25, -0.2) is 13.8 Å². The fourth-order valence-electron chi connectivity index (χ4n) is 4.03. The highest BCUT2D eigenvalue weighted by Crippen LogP contribution is 2.56. The van der Waals surface area contributed by atoms with E-state index in [0.717, 1.165) is 28.0 Å².